The number of benzene rings is 3. The van der Waals surface area contributed by atoms with Crippen LogP contribution in [0.3, 0.4) is 0 Å². The molecule has 154 valence electrons. The fraction of sp³-hybridized carbons (Fsp3) is 0.167. The predicted octanol–water partition coefficient (Wildman–Crippen LogP) is 2.70. The van der Waals surface area contributed by atoms with E-state index in [2.05, 4.69) is 10.6 Å². The molecule has 0 spiro atoms. The van der Waals surface area contributed by atoms with Crippen molar-refractivity contribution in [3.8, 4) is 0 Å². The number of carbonyl (C=O) groups excluding carboxylic acids is 2. The standard InChI is InChI=1S/C24H26N4O2/c25-21(15-17-7-3-1-4-8-17)23(29)27-19-11-13-20(14-12-19)28-24(30)22(26)16-18-9-5-2-6-10-18/h1-14,21-22H,15-16,25-26H2,(H,27,29)(H,28,30)/t21-,22-/m0/s1. The Morgan fingerprint density at radius 3 is 1.27 bits per heavy atom. The second-order valence-corrected chi connectivity index (χ2v) is 7.15. The molecule has 6 N–H and O–H groups in total. The van der Waals surface area contributed by atoms with Gasteiger partial charge in [-0.2, -0.15) is 0 Å². The average molecular weight is 402 g/mol. The van der Waals surface area contributed by atoms with Crippen molar-refractivity contribution < 1.29 is 9.59 Å². The molecule has 0 saturated heterocycles. The number of nitrogens with two attached hydrogens (primary N) is 2. The van der Waals surface area contributed by atoms with Crippen LogP contribution in [0.15, 0.2) is 84.9 Å². The van der Waals surface area contributed by atoms with E-state index in [1.807, 2.05) is 60.7 Å². The number of hydrogen-bond donors (Lipinski definition) is 4. The van der Waals surface area contributed by atoms with Gasteiger partial charge in [-0.05, 0) is 48.2 Å². The molecule has 3 aromatic rings. The first kappa shape index (κ1) is 21.2. The highest BCUT2D eigenvalue weighted by atomic mass is 16.2. The number of carbonyl (C=O) groups is 2. The van der Waals surface area contributed by atoms with Crippen LogP contribution < -0.4 is 22.1 Å². The van der Waals surface area contributed by atoms with Gasteiger partial charge < -0.3 is 22.1 Å². The molecule has 6 nitrogen and oxygen atoms in total. The number of nitrogens with one attached hydrogen (secondary N) is 2. The summed E-state index contributed by atoms with van der Waals surface area (Å²) in [7, 11) is 0. The SMILES string of the molecule is N[C@@H](Cc1ccccc1)C(=O)Nc1ccc(NC(=O)[C@@H](N)Cc2ccccc2)cc1. The summed E-state index contributed by atoms with van der Waals surface area (Å²) in [5, 5.41) is 5.59. The van der Waals surface area contributed by atoms with Crippen molar-refractivity contribution in [3.63, 3.8) is 0 Å². The Morgan fingerprint density at radius 1 is 0.600 bits per heavy atom. The molecule has 3 aromatic carbocycles. The third-order valence-electron chi connectivity index (χ3n) is 4.69. The van der Waals surface area contributed by atoms with Crippen LogP contribution in [-0.4, -0.2) is 23.9 Å². The van der Waals surface area contributed by atoms with Gasteiger partial charge in [0, 0.05) is 11.4 Å². The van der Waals surface area contributed by atoms with Crippen molar-refractivity contribution in [1.29, 1.82) is 0 Å². The van der Waals surface area contributed by atoms with E-state index in [9.17, 15) is 9.59 Å². The molecule has 3 rings (SSSR count). The molecule has 0 aromatic heterocycles. The van der Waals surface area contributed by atoms with Crippen molar-refractivity contribution in [2.75, 3.05) is 10.6 Å². The predicted molar refractivity (Wildman–Crippen MR) is 120 cm³/mol. The van der Waals surface area contributed by atoms with E-state index in [0.29, 0.717) is 24.2 Å². The third-order valence-corrected chi connectivity index (χ3v) is 4.69. The topological polar surface area (TPSA) is 110 Å². The first-order valence-electron chi connectivity index (χ1n) is 9.82. The van der Waals surface area contributed by atoms with Gasteiger partial charge in [-0.1, -0.05) is 60.7 Å². The van der Waals surface area contributed by atoms with Gasteiger partial charge in [-0.15, -0.1) is 0 Å². The van der Waals surface area contributed by atoms with E-state index in [4.69, 9.17) is 11.5 Å². The molecule has 2 amide bonds. The highest BCUT2D eigenvalue weighted by Crippen LogP contribution is 2.15. The Morgan fingerprint density at radius 2 is 0.933 bits per heavy atom. The maximum Gasteiger partial charge on any atom is 0.241 e. The number of hydrogen-bond acceptors (Lipinski definition) is 4. The molecule has 0 bridgehead atoms. The minimum absolute atomic E-state index is 0.263. The molecule has 0 unspecified atom stereocenters. The van der Waals surface area contributed by atoms with Gasteiger partial charge in [0.2, 0.25) is 11.8 Å². The Labute approximate surface area is 176 Å². The summed E-state index contributed by atoms with van der Waals surface area (Å²) in [5.41, 5.74) is 15.2. The molecule has 30 heavy (non-hydrogen) atoms. The molecule has 0 aliphatic rings. The zero-order chi connectivity index (χ0) is 21.3. The lowest BCUT2D eigenvalue weighted by molar-refractivity contribution is -0.118. The zero-order valence-corrected chi connectivity index (χ0v) is 16.6. The van der Waals surface area contributed by atoms with Gasteiger partial charge >= 0.3 is 0 Å². The normalized spacial score (nSPS) is 12.6. The highest BCUT2D eigenvalue weighted by Gasteiger charge is 2.16. The summed E-state index contributed by atoms with van der Waals surface area (Å²) in [6.45, 7) is 0. The lowest BCUT2D eigenvalue weighted by Crippen LogP contribution is -2.37. The fourth-order valence-electron chi connectivity index (χ4n) is 3.03. The number of amides is 2. The average Bonchev–Trinajstić information content (AvgIpc) is 2.76. The highest BCUT2D eigenvalue weighted by molar-refractivity contribution is 5.96. The van der Waals surface area contributed by atoms with Crippen molar-refractivity contribution in [2.45, 2.75) is 24.9 Å². The minimum Gasteiger partial charge on any atom is -0.325 e. The van der Waals surface area contributed by atoms with Gasteiger partial charge in [-0.3, -0.25) is 9.59 Å². The number of rotatable bonds is 8. The fourth-order valence-corrected chi connectivity index (χ4v) is 3.03. The van der Waals surface area contributed by atoms with Crippen molar-refractivity contribution >= 4 is 23.2 Å². The molecule has 0 saturated carbocycles. The van der Waals surface area contributed by atoms with E-state index < -0.39 is 12.1 Å². The first-order chi connectivity index (χ1) is 14.5. The van der Waals surface area contributed by atoms with Crippen LogP contribution in [0.2, 0.25) is 0 Å². The monoisotopic (exact) mass is 402 g/mol. The van der Waals surface area contributed by atoms with E-state index in [1.54, 1.807) is 24.3 Å². The van der Waals surface area contributed by atoms with Crippen molar-refractivity contribution in [2.24, 2.45) is 11.5 Å². The third kappa shape index (κ3) is 6.27. The van der Waals surface area contributed by atoms with Gasteiger partial charge in [0.25, 0.3) is 0 Å². The molecular weight excluding hydrogens is 376 g/mol. The molecule has 6 heteroatoms. The molecule has 0 fully saturated rings. The molecule has 0 radical (unpaired) electrons. The largest absolute Gasteiger partial charge is 0.325 e. The van der Waals surface area contributed by atoms with Crippen LogP contribution in [-0.2, 0) is 22.4 Å². The second-order valence-electron chi connectivity index (χ2n) is 7.15. The Bertz CT molecular complexity index is 879. The molecule has 2 atom stereocenters. The van der Waals surface area contributed by atoms with Gasteiger partial charge in [0.1, 0.15) is 0 Å². The van der Waals surface area contributed by atoms with Gasteiger partial charge in [-0.25, -0.2) is 0 Å². The Hall–Kier alpha value is -3.48. The minimum atomic E-state index is -0.650. The van der Waals surface area contributed by atoms with Gasteiger partial charge in [0.15, 0.2) is 0 Å². The Kier molecular flexibility index (Phi) is 7.32. The molecule has 0 aliphatic carbocycles. The maximum atomic E-state index is 12.3. The summed E-state index contributed by atoms with van der Waals surface area (Å²) in [5.74, 6) is -0.527. The maximum absolute atomic E-state index is 12.3. The van der Waals surface area contributed by atoms with Crippen LogP contribution in [0.1, 0.15) is 11.1 Å². The van der Waals surface area contributed by atoms with E-state index >= 15 is 0 Å². The lowest BCUT2D eigenvalue weighted by Gasteiger charge is -2.14. The molecule has 0 heterocycles. The zero-order valence-electron chi connectivity index (χ0n) is 16.6. The van der Waals surface area contributed by atoms with E-state index in [0.717, 1.165) is 11.1 Å². The van der Waals surface area contributed by atoms with Gasteiger partial charge in [0.05, 0.1) is 12.1 Å². The molecule has 0 aliphatic heterocycles. The van der Waals surface area contributed by atoms with Crippen LogP contribution in [0, 0.1) is 0 Å². The van der Waals surface area contributed by atoms with E-state index in [1.165, 1.54) is 0 Å². The Balaban J connectivity index is 1.50. The van der Waals surface area contributed by atoms with Crippen molar-refractivity contribution in [3.05, 3.63) is 96.1 Å². The smallest absolute Gasteiger partial charge is 0.241 e. The van der Waals surface area contributed by atoms with E-state index in [-0.39, 0.29) is 11.8 Å². The van der Waals surface area contributed by atoms with Crippen LogP contribution >= 0.6 is 0 Å². The quantitative estimate of drug-likeness (QED) is 0.464. The number of anilines is 2. The van der Waals surface area contributed by atoms with Crippen LogP contribution in [0.25, 0.3) is 0 Å². The van der Waals surface area contributed by atoms with Crippen LogP contribution in [0.5, 0.6) is 0 Å². The van der Waals surface area contributed by atoms with Crippen molar-refractivity contribution in [1.82, 2.24) is 0 Å². The summed E-state index contributed by atoms with van der Waals surface area (Å²) >= 11 is 0. The summed E-state index contributed by atoms with van der Waals surface area (Å²) in [6, 6.07) is 24.8. The molecular formula is C24H26N4O2. The second kappa shape index (κ2) is 10.3. The summed E-state index contributed by atoms with van der Waals surface area (Å²) in [6.07, 6.45) is 0.917. The lowest BCUT2D eigenvalue weighted by atomic mass is 10.1. The van der Waals surface area contributed by atoms with Crippen LogP contribution in [0.4, 0.5) is 11.4 Å². The first-order valence-corrected chi connectivity index (χ1v) is 9.82. The summed E-state index contributed by atoms with van der Waals surface area (Å²) < 4.78 is 0. The summed E-state index contributed by atoms with van der Waals surface area (Å²) in [4.78, 5) is 24.6.